The quantitative estimate of drug-likeness (QED) is 0.895. The van der Waals surface area contributed by atoms with Crippen molar-refractivity contribution in [1.29, 1.82) is 0 Å². The molecule has 2 rings (SSSR count). The molecule has 0 saturated carbocycles. The highest BCUT2D eigenvalue weighted by Crippen LogP contribution is 2.33. The minimum atomic E-state index is -1.28. The molecule has 1 aliphatic heterocycles. The molecule has 7 heteroatoms. The first-order valence-corrected chi connectivity index (χ1v) is 8.99. The van der Waals surface area contributed by atoms with Crippen molar-refractivity contribution in [3.63, 3.8) is 0 Å². The van der Waals surface area contributed by atoms with Gasteiger partial charge in [0.1, 0.15) is 10.7 Å². The van der Waals surface area contributed by atoms with Crippen molar-refractivity contribution in [3.05, 3.63) is 23.8 Å². The van der Waals surface area contributed by atoms with Crippen LogP contribution in [0.2, 0.25) is 0 Å². The molecule has 1 aromatic carbocycles. The van der Waals surface area contributed by atoms with Crippen molar-refractivity contribution in [2.45, 2.75) is 17.1 Å². The highest BCUT2D eigenvalue weighted by molar-refractivity contribution is 8.03. The van der Waals surface area contributed by atoms with Gasteiger partial charge in [0.05, 0.1) is 14.2 Å². The Kier molecular flexibility index (Phi) is 5.17. The second-order valence-corrected chi connectivity index (χ2v) is 8.10. The van der Waals surface area contributed by atoms with Gasteiger partial charge in [0, 0.05) is 33.1 Å². The zero-order chi connectivity index (χ0) is 14.7. The van der Waals surface area contributed by atoms with E-state index in [4.69, 9.17) is 9.47 Å². The maximum absolute atomic E-state index is 12.0. The first-order chi connectivity index (χ1) is 9.58. The molecule has 5 nitrogen and oxygen atoms in total. The van der Waals surface area contributed by atoms with Crippen molar-refractivity contribution in [2.24, 2.45) is 0 Å². The lowest BCUT2D eigenvalue weighted by Crippen LogP contribution is -2.35. The van der Waals surface area contributed by atoms with Crippen LogP contribution in [-0.4, -0.2) is 43.8 Å². The van der Waals surface area contributed by atoms with Crippen LogP contribution in [0.5, 0.6) is 11.5 Å². The zero-order valence-electron chi connectivity index (χ0n) is 11.4. The molecule has 0 aliphatic carbocycles. The van der Waals surface area contributed by atoms with Crippen LogP contribution < -0.4 is 9.47 Å². The lowest BCUT2D eigenvalue weighted by atomic mass is 10.1. The third-order valence-corrected chi connectivity index (χ3v) is 7.44. The predicted molar refractivity (Wildman–Crippen MR) is 78.9 cm³/mol. The fraction of sp³-hybridized carbons (Fsp3) is 0.538. The molecule has 0 radical (unpaired) electrons. The standard InChI is InChI=1S/C13H18O5S2/c1-17-10-5-4-9(8-11(10)18-2)12(14)13-19(15)6-3-7-20(13)16/h4-5,8,12-14H,3,6-7H2,1-2H3/t12-,19-,20-/m1/s1. The van der Waals surface area contributed by atoms with Crippen molar-refractivity contribution >= 4 is 21.6 Å². The number of benzene rings is 1. The summed E-state index contributed by atoms with van der Waals surface area (Å²) in [5.74, 6) is 2.01. The van der Waals surface area contributed by atoms with E-state index in [1.165, 1.54) is 14.2 Å². The predicted octanol–water partition coefficient (Wildman–Crippen LogP) is 0.964. The van der Waals surface area contributed by atoms with Crippen LogP contribution in [0.4, 0.5) is 0 Å². The summed E-state index contributed by atoms with van der Waals surface area (Å²) >= 11 is 0. The van der Waals surface area contributed by atoms with Gasteiger partial charge in [0.15, 0.2) is 11.5 Å². The normalized spacial score (nSPS) is 25.1. The smallest absolute Gasteiger partial charge is 0.161 e. The minimum Gasteiger partial charge on any atom is -0.493 e. The maximum atomic E-state index is 12.0. The summed E-state index contributed by atoms with van der Waals surface area (Å²) in [4.78, 5) is 0. The van der Waals surface area contributed by atoms with E-state index in [9.17, 15) is 13.5 Å². The Morgan fingerprint density at radius 2 is 1.75 bits per heavy atom. The van der Waals surface area contributed by atoms with Crippen LogP contribution >= 0.6 is 0 Å². The molecule has 0 aromatic heterocycles. The molecule has 1 aromatic rings. The number of rotatable bonds is 4. The molecular formula is C13H18O5S2. The van der Waals surface area contributed by atoms with E-state index in [1.54, 1.807) is 18.2 Å². The number of ether oxygens (including phenoxy) is 2. The van der Waals surface area contributed by atoms with Crippen LogP contribution in [0.1, 0.15) is 18.1 Å². The molecule has 1 fully saturated rings. The van der Waals surface area contributed by atoms with Gasteiger partial charge in [-0.25, -0.2) is 0 Å². The Labute approximate surface area is 123 Å². The highest BCUT2D eigenvalue weighted by Gasteiger charge is 2.35. The zero-order valence-corrected chi connectivity index (χ0v) is 13.0. The topological polar surface area (TPSA) is 72.8 Å². The van der Waals surface area contributed by atoms with Gasteiger partial charge in [-0.2, -0.15) is 0 Å². The fourth-order valence-electron chi connectivity index (χ4n) is 2.18. The summed E-state index contributed by atoms with van der Waals surface area (Å²) in [6.07, 6.45) is -0.356. The Hall–Kier alpha value is -0.920. The number of aliphatic hydroxyl groups excluding tert-OH is 1. The molecule has 1 heterocycles. The van der Waals surface area contributed by atoms with Gasteiger partial charge in [-0.1, -0.05) is 6.07 Å². The summed E-state index contributed by atoms with van der Waals surface area (Å²) < 4.78 is 33.6. The van der Waals surface area contributed by atoms with E-state index in [0.29, 0.717) is 35.0 Å². The Bertz CT molecular complexity index is 515. The van der Waals surface area contributed by atoms with E-state index >= 15 is 0 Å². The molecule has 112 valence electrons. The van der Waals surface area contributed by atoms with Gasteiger partial charge in [0.2, 0.25) is 0 Å². The second kappa shape index (κ2) is 6.69. The van der Waals surface area contributed by atoms with E-state index in [2.05, 4.69) is 0 Å². The Morgan fingerprint density at radius 3 is 2.30 bits per heavy atom. The van der Waals surface area contributed by atoms with Crippen molar-refractivity contribution < 1.29 is 23.0 Å². The molecule has 20 heavy (non-hydrogen) atoms. The monoisotopic (exact) mass is 318 g/mol. The summed E-state index contributed by atoms with van der Waals surface area (Å²) in [7, 11) is 0.479. The second-order valence-electron chi connectivity index (χ2n) is 4.45. The first-order valence-electron chi connectivity index (χ1n) is 6.23. The van der Waals surface area contributed by atoms with E-state index < -0.39 is 32.3 Å². The number of methoxy groups -OCH3 is 2. The number of aliphatic hydroxyl groups is 1. The number of hydrogen-bond donors (Lipinski definition) is 1. The average Bonchev–Trinajstić information content (AvgIpc) is 2.46. The van der Waals surface area contributed by atoms with Crippen LogP contribution in [0.3, 0.4) is 0 Å². The van der Waals surface area contributed by atoms with E-state index in [-0.39, 0.29) is 0 Å². The Balaban J connectivity index is 2.30. The van der Waals surface area contributed by atoms with Gasteiger partial charge in [-0.15, -0.1) is 0 Å². The molecule has 0 amide bonds. The summed E-state index contributed by atoms with van der Waals surface area (Å²) in [5.41, 5.74) is 0.538. The van der Waals surface area contributed by atoms with Gasteiger partial charge >= 0.3 is 0 Å². The summed E-state index contributed by atoms with van der Waals surface area (Å²) in [5, 5.41) is 10.4. The molecule has 3 atom stereocenters. The van der Waals surface area contributed by atoms with Gasteiger partial charge < -0.3 is 14.6 Å². The first kappa shape index (κ1) is 15.5. The third kappa shape index (κ3) is 3.05. The summed E-state index contributed by atoms with van der Waals surface area (Å²) in [6, 6.07) is 4.98. The van der Waals surface area contributed by atoms with Crippen molar-refractivity contribution in [1.82, 2.24) is 0 Å². The van der Waals surface area contributed by atoms with Crippen molar-refractivity contribution in [2.75, 3.05) is 25.7 Å². The molecule has 1 saturated heterocycles. The summed E-state index contributed by atoms with van der Waals surface area (Å²) in [6.45, 7) is 0. The average molecular weight is 318 g/mol. The SMILES string of the molecule is COc1ccc([C@@H](O)C2[S@](=O)CCC[S@]2=O)cc1OC. The molecule has 0 unspecified atom stereocenters. The van der Waals surface area contributed by atoms with Crippen LogP contribution in [0.15, 0.2) is 18.2 Å². The molecule has 0 bridgehead atoms. The molecule has 1 N–H and O–H groups in total. The fourth-order valence-corrected chi connectivity index (χ4v) is 6.11. The van der Waals surface area contributed by atoms with Gasteiger partial charge in [-0.05, 0) is 24.1 Å². The van der Waals surface area contributed by atoms with Crippen LogP contribution in [0, 0.1) is 0 Å². The van der Waals surface area contributed by atoms with Crippen molar-refractivity contribution in [3.8, 4) is 11.5 Å². The highest BCUT2D eigenvalue weighted by atomic mass is 32.2. The maximum Gasteiger partial charge on any atom is 0.161 e. The molecule has 0 spiro atoms. The third-order valence-electron chi connectivity index (χ3n) is 3.22. The van der Waals surface area contributed by atoms with Crippen LogP contribution in [-0.2, 0) is 21.6 Å². The van der Waals surface area contributed by atoms with E-state index in [1.807, 2.05) is 0 Å². The van der Waals surface area contributed by atoms with Gasteiger partial charge in [-0.3, -0.25) is 8.42 Å². The Morgan fingerprint density at radius 1 is 1.15 bits per heavy atom. The largest absolute Gasteiger partial charge is 0.493 e. The lowest BCUT2D eigenvalue weighted by Gasteiger charge is -2.26. The van der Waals surface area contributed by atoms with E-state index in [0.717, 1.165) is 0 Å². The minimum absolute atomic E-state index is 0.483. The molecular weight excluding hydrogens is 300 g/mol. The van der Waals surface area contributed by atoms with Gasteiger partial charge in [0.25, 0.3) is 0 Å². The number of hydrogen-bond acceptors (Lipinski definition) is 5. The van der Waals surface area contributed by atoms with Crippen LogP contribution in [0.25, 0.3) is 0 Å². The lowest BCUT2D eigenvalue weighted by molar-refractivity contribution is 0.192. The molecule has 1 aliphatic rings.